The van der Waals surface area contributed by atoms with E-state index in [0.717, 1.165) is 23.9 Å². The lowest BCUT2D eigenvalue weighted by molar-refractivity contribution is 0.678. The zero-order valence-electron chi connectivity index (χ0n) is 8.28. The minimum absolute atomic E-state index is 0.570. The summed E-state index contributed by atoms with van der Waals surface area (Å²) in [6, 6.07) is 8.08. The molecule has 1 heterocycles. The highest BCUT2D eigenvalue weighted by molar-refractivity contribution is 9.09. The molecule has 2 aromatic rings. The van der Waals surface area contributed by atoms with E-state index in [1.54, 1.807) is 0 Å². The monoisotopic (exact) mass is 262 g/mol. The van der Waals surface area contributed by atoms with Gasteiger partial charge in [-0.25, -0.2) is 9.97 Å². The van der Waals surface area contributed by atoms with Gasteiger partial charge in [-0.15, -0.1) is 0 Å². The Hall–Kier alpha value is -0.960. The summed E-state index contributed by atoms with van der Waals surface area (Å²) >= 11 is 3.65. The van der Waals surface area contributed by atoms with E-state index >= 15 is 0 Å². The summed E-state index contributed by atoms with van der Waals surface area (Å²) in [6.07, 6.45) is 3.22. The van der Waals surface area contributed by atoms with Crippen LogP contribution in [0.15, 0.2) is 24.3 Å². The molecular weight excluding hydrogens is 252 g/mol. The first-order chi connectivity index (χ1) is 7.33. The SMILES string of the molecule is BrC1CCc2nc3ccccc3nc2C1. The van der Waals surface area contributed by atoms with E-state index in [-0.39, 0.29) is 0 Å². The van der Waals surface area contributed by atoms with Crippen LogP contribution < -0.4 is 0 Å². The number of rotatable bonds is 0. The molecule has 1 aliphatic carbocycles. The Morgan fingerprint density at radius 1 is 1.07 bits per heavy atom. The molecular formula is C12H11BrN2. The van der Waals surface area contributed by atoms with Crippen molar-refractivity contribution in [2.45, 2.75) is 24.1 Å². The van der Waals surface area contributed by atoms with Crippen molar-refractivity contribution in [3.63, 3.8) is 0 Å². The third kappa shape index (κ3) is 1.65. The second kappa shape index (κ2) is 3.56. The predicted molar refractivity (Wildman–Crippen MR) is 64.3 cm³/mol. The molecule has 0 radical (unpaired) electrons. The van der Waals surface area contributed by atoms with Crippen molar-refractivity contribution in [1.29, 1.82) is 0 Å². The van der Waals surface area contributed by atoms with Gasteiger partial charge in [0.25, 0.3) is 0 Å². The molecule has 15 heavy (non-hydrogen) atoms. The molecule has 3 rings (SSSR count). The highest BCUT2D eigenvalue weighted by Gasteiger charge is 2.19. The molecule has 0 amide bonds. The molecule has 1 unspecified atom stereocenters. The van der Waals surface area contributed by atoms with Gasteiger partial charge in [-0.1, -0.05) is 28.1 Å². The summed E-state index contributed by atoms with van der Waals surface area (Å²) in [5.41, 5.74) is 4.38. The van der Waals surface area contributed by atoms with E-state index in [1.807, 2.05) is 24.3 Å². The highest BCUT2D eigenvalue weighted by atomic mass is 79.9. The van der Waals surface area contributed by atoms with Crippen molar-refractivity contribution in [3.05, 3.63) is 35.7 Å². The number of aromatic nitrogens is 2. The van der Waals surface area contributed by atoms with Crippen molar-refractivity contribution in [1.82, 2.24) is 9.97 Å². The van der Waals surface area contributed by atoms with E-state index in [1.165, 1.54) is 17.8 Å². The topological polar surface area (TPSA) is 25.8 Å². The van der Waals surface area contributed by atoms with Gasteiger partial charge in [0.2, 0.25) is 0 Å². The van der Waals surface area contributed by atoms with Crippen molar-refractivity contribution < 1.29 is 0 Å². The maximum atomic E-state index is 4.67. The Morgan fingerprint density at radius 3 is 2.47 bits per heavy atom. The molecule has 1 aromatic heterocycles. The Balaban J connectivity index is 2.20. The molecule has 3 heteroatoms. The van der Waals surface area contributed by atoms with Crippen LogP contribution in [0, 0.1) is 0 Å². The molecule has 0 bridgehead atoms. The number of alkyl halides is 1. The Morgan fingerprint density at radius 2 is 1.73 bits per heavy atom. The maximum absolute atomic E-state index is 4.67. The fraction of sp³-hybridized carbons (Fsp3) is 0.333. The zero-order chi connectivity index (χ0) is 10.3. The fourth-order valence-electron chi connectivity index (χ4n) is 2.04. The Kier molecular flexibility index (Phi) is 2.20. The lowest BCUT2D eigenvalue weighted by atomic mass is 10.00. The molecule has 0 saturated heterocycles. The first kappa shape index (κ1) is 9.28. The molecule has 0 aliphatic heterocycles. The largest absolute Gasteiger partial charge is 0.249 e. The molecule has 0 N–H and O–H groups in total. The average molecular weight is 263 g/mol. The number of fused-ring (bicyclic) bond motifs is 2. The molecule has 76 valence electrons. The molecule has 0 fully saturated rings. The number of aryl methyl sites for hydroxylation is 1. The second-order valence-corrected chi connectivity index (χ2v) is 5.24. The van der Waals surface area contributed by atoms with Gasteiger partial charge in [0.1, 0.15) is 0 Å². The maximum Gasteiger partial charge on any atom is 0.0890 e. The van der Waals surface area contributed by atoms with Crippen molar-refractivity contribution in [2.75, 3.05) is 0 Å². The number of nitrogens with zero attached hydrogens (tertiary/aromatic N) is 2. The van der Waals surface area contributed by atoms with E-state index in [2.05, 4.69) is 25.9 Å². The smallest absolute Gasteiger partial charge is 0.0890 e. The normalized spacial score (nSPS) is 20.2. The van der Waals surface area contributed by atoms with E-state index in [9.17, 15) is 0 Å². The Labute approximate surface area is 96.9 Å². The van der Waals surface area contributed by atoms with Crippen molar-refractivity contribution in [3.8, 4) is 0 Å². The quantitative estimate of drug-likeness (QED) is 0.683. The van der Waals surface area contributed by atoms with Gasteiger partial charge in [-0.05, 0) is 25.0 Å². The first-order valence-corrected chi connectivity index (χ1v) is 6.13. The van der Waals surface area contributed by atoms with Crippen molar-refractivity contribution >= 4 is 27.0 Å². The van der Waals surface area contributed by atoms with Gasteiger partial charge >= 0.3 is 0 Å². The van der Waals surface area contributed by atoms with Crippen LogP contribution in [0.5, 0.6) is 0 Å². The average Bonchev–Trinajstić information content (AvgIpc) is 2.26. The third-order valence-electron chi connectivity index (χ3n) is 2.83. The van der Waals surface area contributed by atoms with E-state index in [4.69, 9.17) is 0 Å². The van der Waals surface area contributed by atoms with Crippen LogP contribution in [0.4, 0.5) is 0 Å². The van der Waals surface area contributed by atoms with Crippen LogP contribution in [0.25, 0.3) is 11.0 Å². The third-order valence-corrected chi connectivity index (χ3v) is 3.62. The molecule has 1 atom stereocenters. The van der Waals surface area contributed by atoms with Crippen molar-refractivity contribution in [2.24, 2.45) is 0 Å². The van der Waals surface area contributed by atoms with Gasteiger partial charge in [0, 0.05) is 11.2 Å². The number of hydrogen-bond acceptors (Lipinski definition) is 2. The van der Waals surface area contributed by atoms with Crippen LogP contribution in [-0.2, 0) is 12.8 Å². The lowest BCUT2D eigenvalue weighted by Gasteiger charge is -2.18. The summed E-state index contributed by atoms with van der Waals surface area (Å²) in [5.74, 6) is 0. The standard InChI is InChI=1S/C12H11BrN2/c13-8-5-6-11-12(7-8)15-10-4-2-1-3-9(10)14-11/h1-4,8H,5-7H2. The van der Waals surface area contributed by atoms with Crippen LogP contribution in [-0.4, -0.2) is 14.8 Å². The molecule has 0 spiro atoms. The molecule has 0 saturated carbocycles. The Bertz CT molecular complexity index is 510. The summed E-state index contributed by atoms with van der Waals surface area (Å²) < 4.78 is 0. The summed E-state index contributed by atoms with van der Waals surface area (Å²) in [4.78, 5) is 9.91. The minimum Gasteiger partial charge on any atom is -0.249 e. The number of hydrogen-bond donors (Lipinski definition) is 0. The number of halogens is 1. The molecule has 1 aliphatic rings. The fourth-order valence-corrected chi connectivity index (χ4v) is 2.58. The predicted octanol–water partition coefficient (Wildman–Crippen LogP) is 2.88. The summed E-state index contributed by atoms with van der Waals surface area (Å²) in [7, 11) is 0. The van der Waals surface area contributed by atoms with E-state index < -0.39 is 0 Å². The van der Waals surface area contributed by atoms with Crippen LogP contribution in [0.1, 0.15) is 17.8 Å². The zero-order valence-corrected chi connectivity index (χ0v) is 9.87. The second-order valence-electron chi connectivity index (χ2n) is 3.95. The van der Waals surface area contributed by atoms with Gasteiger partial charge in [0.05, 0.1) is 22.4 Å². The van der Waals surface area contributed by atoms with E-state index in [0.29, 0.717) is 4.83 Å². The summed E-state index contributed by atoms with van der Waals surface area (Å²) in [5, 5.41) is 0. The minimum atomic E-state index is 0.570. The van der Waals surface area contributed by atoms with Gasteiger partial charge in [-0.3, -0.25) is 0 Å². The number of para-hydroxylation sites is 2. The van der Waals surface area contributed by atoms with Crippen LogP contribution >= 0.6 is 15.9 Å². The van der Waals surface area contributed by atoms with Gasteiger partial charge in [-0.2, -0.15) is 0 Å². The van der Waals surface area contributed by atoms with Crippen LogP contribution in [0.3, 0.4) is 0 Å². The number of benzene rings is 1. The molecule has 2 nitrogen and oxygen atoms in total. The summed E-state index contributed by atoms with van der Waals surface area (Å²) in [6.45, 7) is 0. The highest BCUT2D eigenvalue weighted by Crippen LogP contribution is 2.24. The lowest BCUT2D eigenvalue weighted by Crippen LogP contribution is -2.16. The van der Waals surface area contributed by atoms with Crippen LogP contribution in [0.2, 0.25) is 0 Å². The first-order valence-electron chi connectivity index (χ1n) is 5.21. The van der Waals surface area contributed by atoms with Gasteiger partial charge in [0.15, 0.2) is 0 Å². The molecule has 1 aromatic carbocycles. The van der Waals surface area contributed by atoms with Gasteiger partial charge < -0.3 is 0 Å².